The van der Waals surface area contributed by atoms with Crippen molar-refractivity contribution >= 4 is 38.5 Å². The molecule has 0 radical (unpaired) electrons. The number of carbonyl (C=O) groups excluding carboxylic acids is 2. The van der Waals surface area contributed by atoms with Gasteiger partial charge in [0.1, 0.15) is 5.75 Å². The second-order valence-corrected chi connectivity index (χ2v) is 6.52. The quantitative estimate of drug-likeness (QED) is 0.353. The molecule has 0 aliphatic carbocycles. The first-order valence-electron chi connectivity index (χ1n) is 8.06. The summed E-state index contributed by atoms with van der Waals surface area (Å²) < 4.78 is 11.7. The summed E-state index contributed by atoms with van der Waals surface area (Å²) in [6, 6.07) is 12.2. The zero-order chi connectivity index (χ0) is 17.4. The molecule has 128 valence electrons. The van der Waals surface area contributed by atoms with Crippen LogP contribution in [0.15, 0.2) is 40.9 Å². The smallest absolute Gasteiger partial charge is 0.374 e. The Kier molecular flexibility index (Phi) is 7.25. The van der Waals surface area contributed by atoms with E-state index in [-0.39, 0.29) is 0 Å². The topological polar surface area (TPSA) is 52.6 Å². The molecule has 2 aromatic rings. The Bertz CT molecular complexity index is 712. The fraction of sp³-hybridized carbons (Fsp3) is 0.368. The first kappa shape index (κ1) is 18.5. The van der Waals surface area contributed by atoms with E-state index in [9.17, 15) is 9.59 Å². The van der Waals surface area contributed by atoms with Crippen LogP contribution in [-0.2, 0) is 14.3 Å². The van der Waals surface area contributed by atoms with Gasteiger partial charge in [0.15, 0.2) is 0 Å². The second-order valence-electron chi connectivity index (χ2n) is 5.61. The zero-order valence-electron chi connectivity index (χ0n) is 13.7. The van der Waals surface area contributed by atoms with Crippen LogP contribution >= 0.6 is 15.9 Å². The molecule has 2 rings (SSSR count). The van der Waals surface area contributed by atoms with Crippen LogP contribution < -0.4 is 4.74 Å². The van der Waals surface area contributed by atoms with Crippen LogP contribution in [0.25, 0.3) is 10.8 Å². The highest BCUT2D eigenvalue weighted by Gasteiger charge is 2.07. The minimum atomic E-state index is -0.748. The lowest BCUT2D eigenvalue weighted by atomic mass is 10.1. The summed E-state index contributed by atoms with van der Waals surface area (Å²) in [5.41, 5.74) is 0. The number of halogens is 1. The minimum absolute atomic E-state index is 0.305. The number of ketones is 1. The van der Waals surface area contributed by atoms with Crippen molar-refractivity contribution in [3.63, 3.8) is 0 Å². The van der Waals surface area contributed by atoms with Gasteiger partial charge < -0.3 is 9.47 Å². The first-order chi connectivity index (χ1) is 11.6. The lowest BCUT2D eigenvalue weighted by Gasteiger charge is -2.08. The number of hydrogen-bond donors (Lipinski definition) is 0. The molecule has 0 spiro atoms. The third-order valence-electron chi connectivity index (χ3n) is 3.60. The Morgan fingerprint density at radius 3 is 2.33 bits per heavy atom. The Morgan fingerprint density at radius 1 is 0.917 bits per heavy atom. The number of ether oxygens (including phenoxy) is 2. The number of esters is 1. The number of Topliss-reactive ketones (excluding diaryl/α,β-unsaturated/α-hetero) is 1. The largest absolute Gasteiger partial charge is 0.494 e. The highest BCUT2D eigenvalue weighted by Crippen LogP contribution is 2.24. The Hall–Kier alpha value is -1.88. The molecule has 0 aliphatic rings. The Balaban J connectivity index is 1.62. The molecule has 0 heterocycles. The molecule has 0 saturated heterocycles. The molecule has 4 nitrogen and oxygen atoms in total. The maximum atomic E-state index is 11.0. The number of hydrogen-bond acceptors (Lipinski definition) is 4. The fourth-order valence-corrected chi connectivity index (χ4v) is 2.68. The number of unbranched alkanes of at least 4 members (excludes halogenated alkanes) is 3. The predicted octanol–water partition coefficient (Wildman–Crippen LogP) is 4.67. The Labute approximate surface area is 150 Å². The monoisotopic (exact) mass is 392 g/mol. The van der Waals surface area contributed by atoms with E-state index in [1.54, 1.807) is 0 Å². The number of benzene rings is 2. The van der Waals surface area contributed by atoms with E-state index in [2.05, 4.69) is 34.1 Å². The number of carbonyl (C=O) groups is 2. The summed E-state index contributed by atoms with van der Waals surface area (Å²) in [5.74, 6) is -0.423. The van der Waals surface area contributed by atoms with Crippen molar-refractivity contribution in [1.82, 2.24) is 0 Å². The molecule has 0 unspecified atom stereocenters. The molecule has 5 heteroatoms. The first-order valence-corrected chi connectivity index (χ1v) is 8.85. The van der Waals surface area contributed by atoms with E-state index in [0.29, 0.717) is 13.2 Å². The molecule has 0 saturated carbocycles. The van der Waals surface area contributed by atoms with Gasteiger partial charge in [0.2, 0.25) is 5.78 Å². The van der Waals surface area contributed by atoms with Gasteiger partial charge in [-0.05, 0) is 60.7 Å². The van der Waals surface area contributed by atoms with Gasteiger partial charge in [-0.3, -0.25) is 4.79 Å². The molecule has 0 aromatic heterocycles. The average Bonchev–Trinajstić information content (AvgIpc) is 2.56. The summed E-state index contributed by atoms with van der Waals surface area (Å²) in [5, 5.41) is 2.33. The van der Waals surface area contributed by atoms with Gasteiger partial charge in [-0.15, -0.1) is 0 Å². The molecule has 2 aromatic carbocycles. The van der Waals surface area contributed by atoms with Gasteiger partial charge in [0, 0.05) is 11.4 Å². The van der Waals surface area contributed by atoms with Crippen molar-refractivity contribution in [2.24, 2.45) is 0 Å². The van der Waals surface area contributed by atoms with E-state index in [0.717, 1.165) is 41.3 Å². The molecule has 0 N–H and O–H groups in total. The summed E-state index contributed by atoms with van der Waals surface area (Å²) in [7, 11) is 0. The van der Waals surface area contributed by atoms with Crippen LogP contribution in [0.4, 0.5) is 0 Å². The molecule has 0 aliphatic heterocycles. The summed E-state index contributed by atoms with van der Waals surface area (Å²) >= 11 is 3.47. The fourth-order valence-electron chi connectivity index (χ4n) is 2.30. The van der Waals surface area contributed by atoms with Gasteiger partial charge in [-0.2, -0.15) is 0 Å². The van der Waals surface area contributed by atoms with Crippen LogP contribution in [0, 0.1) is 0 Å². The van der Waals surface area contributed by atoms with Crippen molar-refractivity contribution in [3.05, 3.63) is 40.9 Å². The van der Waals surface area contributed by atoms with E-state index < -0.39 is 11.8 Å². The average molecular weight is 393 g/mol. The normalized spacial score (nSPS) is 10.6. The molecule has 0 fully saturated rings. The van der Waals surface area contributed by atoms with Crippen LogP contribution in [-0.4, -0.2) is 25.0 Å². The summed E-state index contributed by atoms with van der Waals surface area (Å²) in [6.45, 7) is 2.18. The van der Waals surface area contributed by atoms with Gasteiger partial charge >= 0.3 is 5.97 Å². The van der Waals surface area contributed by atoms with Gasteiger partial charge in [-0.25, -0.2) is 4.79 Å². The highest BCUT2D eigenvalue weighted by molar-refractivity contribution is 9.10. The van der Waals surface area contributed by atoms with E-state index in [1.807, 2.05) is 18.2 Å². The zero-order valence-corrected chi connectivity index (χ0v) is 15.3. The van der Waals surface area contributed by atoms with Crippen molar-refractivity contribution < 1.29 is 19.1 Å². The lowest BCUT2D eigenvalue weighted by molar-refractivity contribution is -0.153. The van der Waals surface area contributed by atoms with Crippen molar-refractivity contribution in [3.8, 4) is 5.75 Å². The number of rotatable bonds is 9. The SMILES string of the molecule is CC(=O)C(=O)OCCCCCCOc1ccc2cc(Br)ccc2c1. The van der Waals surface area contributed by atoms with Crippen LogP contribution in [0.1, 0.15) is 32.6 Å². The molecular weight excluding hydrogens is 372 g/mol. The van der Waals surface area contributed by atoms with Gasteiger partial charge in [0.05, 0.1) is 13.2 Å². The van der Waals surface area contributed by atoms with Crippen LogP contribution in [0.2, 0.25) is 0 Å². The molecule has 24 heavy (non-hydrogen) atoms. The summed E-state index contributed by atoms with van der Waals surface area (Å²) in [6.07, 6.45) is 3.65. The standard InChI is InChI=1S/C19H21BrO4/c1-14(21)19(22)24-11-5-3-2-4-10-23-18-9-7-15-12-17(20)8-6-16(15)13-18/h6-9,12-13H,2-5,10-11H2,1H3. The van der Waals surface area contributed by atoms with E-state index in [1.165, 1.54) is 12.3 Å². The van der Waals surface area contributed by atoms with Crippen molar-refractivity contribution in [2.45, 2.75) is 32.6 Å². The third-order valence-corrected chi connectivity index (χ3v) is 4.10. The second kappa shape index (κ2) is 9.42. The Morgan fingerprint density at radius 2 is 1.58 bits per heavy atom. The van der Waals surface area contributed by atoms with Gasteiger partial charge in [0.25, 0.3) is 0 Å². The molecular formula is C19H21BrO4. The van der Waals surface area contributed by atoms with E-state index in [4.69, 9.17) is 9.47 Å². The van der Waals surface area contributed by atoms with Crippen molar-refractivity contribution in [2.75, 3.05) is 13.2 Å². The van der Waals surface area contributed by atoms with Crippen LogP contribution in [0.5, 0.6) is 5.75 Å². The lowest BCUT2D eigenvalue weighted by Crippen LogP contribution is -2.14. The van der Waals surface area contributed by atoms with Gasteiger partial charge in [-0.1, -0.05) is 28.1 Å². The minimum Gasteiger partial charge on any atom is -0.494 e. The van der Waals surface area contributed by atoms with Crippen LogP contribution in [0.3, 0.4) is 0 Å². The molecule has 0 bridgehead atoms. The van der Waals surface area contributed by atoms with E-state index >= 15 is 0 Å². The molecule has 0 atom stereocenters. The highest BCUT2D eigenvalue weighted by atomic mass is 79.9. The molecule has 0 amide bonds. The maximum absolute atomic E-state index is 11.0. The number of fused-ring (bicyclic) bond motifs is 1. The predicted molar refractivity (Wildman–Crippen MR) is 97.3 cm³/mol. The van der Waals surface area contributed by atoms with Crippen molar-refractivity contribution in [1.29, 1.82) is 0 Å². The maximum Gasteiger partial charge on any atom is 0.374 e. The third kappa shape index (κ3) is 5.96. The summed E-state index contributed by atoms with van der Waals surface area (Å²) in [4.78, 5) is 21.6.